The molecule has 96 valence electrons. The quantitative estimate of drug-likeness (QED) is 0.675. The van der Waals surface area contributed by atoms with Crippen LogP contribution in [-0.4, -0.2) is 37.5 Å². The highest BCUT2D eigenvalue weighted by molar-refractivity contribution is 5.14. The Morgan fingerprint density at radius 1 is 1.29 bits per heavy atom. The molecule has 1 aromatic rings. The first kappa shape index (κ1) is 14.2. The Morgan fingerprint density at radius 3 is 2.59 bits per heavy atom. The van der Waals surface area contributed by atoms with Crippen LogP contribution in [0.2, 0.25) is 0 Å². The SMILES string of the molecule is CNC(C)(CO)COCCCc1ccccc1. The van der Waals surface area contributed by atoms with Crippen molar-refractivity contribution >= 4 is 0 Å². The van der Waals surface area contributed by atoms with E-state index in [1.165, 1.54) is 5.56 Å². The molecule has 0 saturated carbocycles. The highest BCUT2D eigenvalue weighted by atomic mass is 16.5. The van der Waals surface area contributed by atoms with Gasteiger partial charge in [-0.2, -0.15) is 0 Å². The normalized spacial score (nSPS) is 14.5. The Morgan fingerprint density at radius 2 is 2.00 bits per heavy atom. The summed E-state index contributed by atoms with van der Waals surface area (Å²) in [5.74, 6) is 0. The number of hydrogen-bond donors (Lipinski definition) is 2. The highest BCUT2D eigenvalue weighted by Gasteiger charge is 2.20. The van der Waals surface area contributed by atoms with Gasteiger partial charge in [0.1, 0.15) is 0 Å². The number of rotatable bonds is 8. The van der Waals surface area contributed by atoms with E-state index < -0.39 is 0 Å². The van der Waals surface area contributed by atoms with E-state index in [1.807, 2.05) is 20.0 Å². The lowest BCUT2D eigenvalue weighted by molar-refractivity contribution is 0.0473. The van der Waals surface area contributed by atoms with Crippen molar-refractivity contribution in [1.82, 2.24) is 5.32 Å². The third kappa shape index (κ3) is 5.31. The minimum Gasteiger partial charge on any atom is -0.394 e. The van der Waals surface area contributed by atoms with E-state index in [2.05, 4.69) is 29.6 Å². The van der Waals surface area contributed by atoms with Crippen molar-refractivity contribution in [2.75, 3.05) is 26.9 Å². The summed E-state index contributed by atoms with van der Waals surface area (Å²) in [6.07, 6.45) is 2.05. The largest absolute Gasteiger partial charge is 0.394 e. The summed E-state index contributed by atoms with van der Waals surface area (Å²) < 4.78 is 5.58. The molecule has 1 rings (SSSR count). The van der Waals surface area contributed by atoms with Crippen LogP contribution in [0.25, 0.3) is 0 Å². The summed E-state index contributed by atoms with van der Waals surface area (Å²) in [7, 11) is 1.84. The Bertz CT molecular complexity index is 296. The first-order valence-corrected chi connectivity index (χ1v) is 6.11. The van der Waals surface area contributed by atoms with Crippen molar-refractivity contribution in [3.05, 3.63) is 35.9 Å². The fourth-order valence-electron chi connectivity index (χ4n) is 1.52. The molecule has 2 N–H and O–H groups in total. The van der Waals surface area contributed by atoms with E-state index >= 15 is 0 Å². The third-order valence-electron chi connectivity index (χ3n) is 2.97. The van der Waals surface area contributed by atoms with Gasteiger partial charge in [-0.1, -0.05) is 30.3 Å². The lowest BCUT2D eigenvalue weighted by Gasteiger charge is -2.26. The monoisotopic (exact) mass is 237 g/mol. The van der Waals surface area contributed by atoms with Gasteiger partial charge in [-0.3, -0.25) is 0 Å². The van der Waals surface area contributed by atoms with Crippen LogP contribution in [0.5, 0.6) is 0 Å². The van der Waals surface area contributed by atoms with Crippen LogP contribution in [0.1, 0.15) is 18.9 Å². The molecule has 0 fully saturated rings. The maximum atomic E-state index is 9.18. The van der Waals surface area contributed by atoms with Gasteiger partial charge in [0, 0.05) is 6.61 Å². The molecule has 1 atom stereocenters. The zero-order valence-electron chi connectivity index (χ0n) is 10.8. The summed E-state index contributed by atoms with van der Waals surface area (Å²) in [4.78, 5) is 0. The van der Waals surface area contributed by atoms with Gasteiger partial charge in [-0.15, -0.1) is 0 Å². The molecule has 0 bridgehead atoms. The van der Waals surface area contributed by atoms with Crippen molar-refractivity contribution in [1.29, 1.82) is 0 Å². The number of hydrogen-bond acceptors (Lipinski definition) is 3. The number of aliphatic hydroxyl groups is 1. The van der Waals surface area contributed by atoms with Crippen molar-refractivity contribution in [2.45, 2.75) is 25.3 Å². The highest BCUT2D eigenvalue weighted by Crippen LogP contribution is 2.05. The van der Waals surface area contributed by atoms with E-state index in [9.17, 15) is 5.11 Å². The molecule has 0 spiro atoms. The maximum Gasteiger partial charge on any atom is 0.0667 e. The number of aryl methyl sites for hydroxylation is 1. The molecule has 0 radical (unpaired) electrons. The Balaban J connectivity index is 2.13. The number of aliphatic hydroxyl groups excluding tert-OH is 1. The van der Waals surface area contributed by atoms with Gasteiger partial charge in [-0.25, -0.2) is 0 Å². The molecule has 0 aromatic heterocycles. The zero-order chi connectivity index (χ0) is 12.6. The minimum atomic E-state index is -0.327. The molecule has 3 nitrogen and oxygen atoms in total. The van der Waals surface area contributed by atoms with Gasteiger partial charge in [0.25, 0.3) is 0 Å². The van der Waals surface area contributed by atoms with E-state index in [0.29, 0.717) is 6.61 Å². The van der Waals surface area contributed by atoms with Gasteiger partial charge in [0.2, 0.25) is 0 Å². The number of ether oxygens (including phenoxy) is 1. The number of likely N-dealkylation sites (N-methyl/N-ethyl adjacent to an activating group) is 1. The summed E-state index contributed by atoms with van der Waals surface area (Å²) in [5, 5.41) is 12.2. The first-order chi connectivity index (χ1) is 8.20. The summed E-state index contributed by atoms with van der Waals surface area (Å²) >= 11 is 0. The van der Waals surface area contributed by atoms with Crippen molar-refractivity contribution < 1.29 is 9.84 Å². The summed E-state index contributed by atoms with van der Waals surface area (Å²) in [6.45, 7) is 3.30. The second-order valence-electron chi connectivity index (χ2n) is 4.61. The second-order valence-corrected chi connectivity index (χ2v) is 4.61. The molecular weight excluding hydrogens is 214 g/mol. The van der Waals surface area contributed by atoms with E-state index in [1.54, 1.807) is 0 Å². The predicted octanol–water partition coefficient (Wildman–Crippen LogP) is 1.61. The Kier molecular flexibility index (Phi) is 6.19. The molecule has 3 heteroatoms. The minimum absolute atomic E-state index is 0.0855. The number of benzene rings is 1. The topological polar surface area (TPSA) is 41.5 Å². The lowest BCUT2D eigenvalue weighted by atomic mass is 10.1. The van der Waals surface area contributed by atoms with Crippen LogP contribution in [0.15, 0.2) is 30.3 Å². The molecule has 0 saturated heterocycles. The number of nitrogens with one attached hydrogen (secondary N) is 1. The zero-order valence-corrected chi connectivity index (χ0v) is 10.8. The second kappa shape index (κ2) is 7.43. The van der Waals surface area contributed by atoms with E-state index in [-0.39, 0.29) is 12.1 Å². The Labute approximate surface area is 104 Å². The van der Waals surface area contributed by atoms with Crippen molar-refractivity contribution in [3.63, 3.8) is 0 Å². The van der Waals surface area contributed by atoms with E-state index in [4.69, 9.17) is 4.74 Å². The van der Waals surface area contributed by atoms with Crippen LogP contribution in [-0.2, 0) is 11.2 Å². The molecule has 0 heterocycles. The van der Waals surface area contributed by atoms with Gasteiger partial charge in [0.15, 0.2) is 0 Å². The standard InChI is InChI=1S/C14H23NO2/c1-14(11-16,15-2)12-17-10-6-9-13-7-4-3-5-8-13/h3-5,7-8,15-16H,6,9-12H2,1-2H3. The molecule has 0 amide bonds. The molecule has 0 aliphatic heterocycles. The van der Waals surface area contributed by atoms with Gasteiger partial charge < -0.3 is 15.2 Å². The predicted molar refractivity (Wildman–Crippen MR) is 70.1 cm³/mol. The molecule has 1 aromatic carbocycles. The summed E-state index contributed by atoms with van der Waals surface area (Å²) in [5.41, 5.74) is 1.02. The average Bonchev–Trinajstić information content (AvgIpc) is 2.39. The van der Waals surface area contributed by atoms with E-state index in [0.717, 1.165) is 19.4 Å². The first-order valence-electron chi connectivity index (χ1n) is 6.11. The maximum absolute atomic E-state index is 9.18. The van der Waals surface area contributed by atoms with Crippen LogP contribution >= 0.6 is 0 Å². The van der Waals surface area contributed by atoms with Crippen LogP contribution in [0.4, 0.5) is 0 Å². The molecular formula is C14H23NO2. The van der Waals surface area contributed by atoms with Crippen LogP contribution in [0.3, 0.4) is 0 Å². The summed E-state index contributed by atoms with van der Waals surface area (Å²) in [6, 6.07) is 10.4. The molecule has 17 heavy (non-hydrogen) atoms. The van der Waals surface area contributed by atoms with Crippen molar-refractivity contribution in [2.24, 2.45) is 0 Å². The molecule has 1 unspecified atom stereocenters. The fraction of sp³-hybridized carbons (Fsp3) is 0.571. The molecule has 0 aliphatic carbocycles. The fourth-order valence-corrected chi connectivity index (χ4v) is 1.52. The smallest absolute Gasteiger partial charge is 0.0667 e. The van der Waals surface area contributed by atoms with Gasteiger partial charge in [-0.05, 0) is 32.4 Å². The Hall–Kier alpha value is -0.900. The van der Waals surface area contributed by atoms with Crippen LogP contribution in [0, 0.1) is 0 Å². The molecule has 0 aliphatic rings. The average molecular weight is 237 g/mol. The van der Waals surface area contributed by atoms with Crippen molar-refractivity contribution in [3.8, 4) is 0 Å². The lowest BCUT2D eigenvalue weighted by Crippen LogP contribution is -2.47. The van der Waals surface area contributed by atoms with Gasteiger partial charge >= 0.3 is 0 Å². The van der Waals surface area contributed by atoms with Crippen LogP contribution < -0.4 is 5.32 Å². The third-order valence-corrected chi connectivity index (χ3v) is 2.97. The van der Waals surface area contributed by atoms with Gasteiger partial charge in [0.05, 0.1) is 18.8 Å².